The number of aliphatic hydroxyl groups is 1. The lowest BCUT2D eigenvalue weighted by atomic mass is 10.0. The first-order chi connectivity index (χ1) is 4.67. The van der Waals surface area contributed by atoms with Crippen molar-refractivity contribution in [1.82, 2.24) is 9.97 Å². The van der Waals surface area contributed by atoms with Crippen LogP contribution < -0.4 is 0 Å². The molecule has 0 saturated carbocycles. The monoisotopic (exact) mass is 140 g/mol. The Bertz CT molecular complexity index is 191. The molecule has 3 nitrogen and oxygen atoms in total. The van der Waals surface area contributed by atoms with Crippen molar-refractivity contribution in [2.75, 3.05) is 0 Å². The second kappa shape index (κ2) is 2.42. The molecule has 0 saturated heterocycles. The van der Waals surface area contributed by atoms with Crippen molar-refractivity contribution in [3.8, 4) is 0 Å². The lowest BCUT2D eigenvalue weighted by molar-refractivity contribution is 0.0445. The van der Waals surface area contributed by atoms with Crippen LogP contribution in [0.25, 0.3) is 0 Å². The first-order valence-electron chi connectivity index (χ1n) is 3.39. The molecule has 0 fully saturated rings. The summed E-state index contributed by atoms with van der Waals surface area (Å²) in [6, 6.07) is 0. The number of H-pyrrole nitrogens is 1. The summed E-state index contributed by atoms with van der Waals surface area (Å²) >= 11 is 0. The minimum atomic E-state index is -0.802. The van der Waals surface area contributed by atoms with Gasteiger partial charge in [-0.05, 0) is 13.3 Å². The Balaban J connectivity index is 2.85. The van der Waals surface area contributed by atoms with Crippen LogP contribution in [-0.2, 0) is 5.60 Å². The first-order valence-corrected chi connectivity index (χ1v) is 3.39. The Labute approximate surface area is 60.1 Å². The van der Waals surface area contributed by atoms with Crippen molar-refractivity contribution >= 4 is 0 Å². The van der Waals surface area contributed by atoms with E-state index in [0.717, 1.165) is 0 Å². The predicted molar refractivity (Wildman–Crippen MR) is 38.4 cm³/mol. The van der Waals surface area contributed by atoms with E-state index in [2.05, 4.69) is 9.97 Å². The minimum absolute atomic E-state index is 0.634. The van der Waals surface area contributed by atoms with Gasteiger partial charge >= 0.3 is 0 Å². The number of nitrogens with zero attached hydrogens (tertiary/aromatic N) is 1. The quantitative estimate of drug-likeness (QED) is 0.644. The van der Waals surface area contributed by atoms with E-state index in [9.17, 15) is 5.11 Å². The van der Waals surface area contributed by atoms with Crippen LogP contribution in [0, 0.1) is 0 Å². The third-order valence-corrected chi connectivity index (χ3v) is 1.70. The molecule has 0 aliphatic heterocycles. The molecular weight excluding hydrogens is 128 g/mol. The van der Waals surface area contributed by atoms with Gasteiger partial charge in [-0.2, -0.15) is 0 Å². The number of hydrogen-bond acceptors (Lipinski definition) is 2. The normalized spacial score (nSPS) is 16.7. The van der Waals surface area contributed by atoms with Gasteiger partial charge in [0.1, 0.15) is 11.4 Å². The van der Waals surface area contributed by atoms with E-state index in [-0.39, 0.29) is 0 Å². The van der Waals surface area contributed by atoms with Crippen molar-refractivity contribution in [3.05, 3.63) is 18.2 Å². The van der Waals surface area contributed by atoms with Crippen molar-refractivity contribution in [1.29, 1.82) is 0 Å². The van der Waals surface area contributed by atoms with Crippen molar-refractivity contribution in [3.63, 3.8) is 0 Å². The van der Waals surface area contributed by atoms with Crippen molar-refractivity contribution in [2.45, 2.75) is 25.9 Å². The number of imidazole rings is 1. The number of rotatable bonds is 2. The molecule has 1 aromatic rings. The maximum atomic E-state index is 9.59. The fourth-order valence-corrected chi connectivity index (χ4v) is 0.727. The molecule has 1 unspecified atom stereocenters. The summed E-state index contributed by atoms with van der Waals surface area (Å²) in [6.45, 7) is 3.66. The smallest absolute Gasteiger partial charge is 0.137 e. The van der Waals surface area contributed by atoms with E-state index in [0.29, 0.717) is 12.2 Å². The molecule has 0 bridgehead atoms. The first kappa shape index (κ1) is 7.28. The molecule has 1 atom stereocenters. The summed E-state index contributed by atoms with van der Waals surface area (Å²) in [4.78, 5) is 6.82. The highest BCUT2D eigenvalue weighted by Crippen LogP contribution is 2.19. The van der Waals surface area contributed by atoms with E-state index in [4.69, 9.17) is 0 Å². The van der Waals surface area contributed by atoms with Crippen molar-refractivity contribution in [2.24, 2.45) is 0 Å². The van der Waals surface area contributed by atoms with Crippen LogP contribution in [0.5, 0.6) is 0 Å². The second-order valence-electron chi connectivity index (χ2n) is 2.57. The van der Waals surface area contributed by atoms with Crippen LogP contribution >= 0.6 is 0 Å². The molecule has 0 aliphatic carbocycles. The van der Waals surface area contributed by atoms with Gasteiger partial charge in [-0.3, -0.25) is 0 Å². The van der Waals surface area contributed by atoms with Gasteiger partial charge in [-0.25, -0.2) is 4.98 Å². The predicted octanol–water partition coefficient (Wildman–Crippen LogP) is 1.03. The molecule has 56 valence electrons. The number of aromatic amines is 1. The van der Waals surface area contributed by atoms with Gasteiger partial charge < -0.3 is 10.1 Å². The van der Waals surface area contributed by atoms with Gasteiger partial charge in [-0.15, -0.1) is 0 Å². The van der Waals surface area contributed by atoms with Crippen LogP contribution in [0.1, 0.15) is 26.1 Å². The maximum Gasteiger partial charge on any atom is 0.137 e. The lowest BCUT2D eigenvalue weighted by Gasteiger charge is -2.17. The zero-order valence-electron chi connectivity index (χ0n) is 6.26. The van der Waals surface area contributed by atoms with Crippen molar-refractivity contribution < 1.29 is 5.11 Å². The average molecular weight is 140 g/mol. The van der Waals surface area contributed by atoms with Crippen LogP contribution in [0.4, 0.5) is 0 Å². The molecule has 2 N–H and O–H groups in total. The highest BCUT2D eigenvalue weighted by Gasteiger charge is 2.22. The Morgan fingerprint density at radius 3 is 2.90 bits per heavy atom. The minimum Gasteiger partial charge on any atom is -0.382 e. The Kier molecular flexibility index (Phi) is 1.76. The summed E-state index contributed by atoms with van der Waals surface area (Å²) in [5, 5.41) is 9.59. The number of hydrogen-bond donors (Lipinski definition) is 2. The van der Waals surface area contributed by atoms with Crippen LogP contribution in [-0.4, -0.2) is 15.1 Å². The molecule has 0 radical (unpaired) electrons. The molecule has 0 spiro atoms. The summed E-state index contributed by atoms with van der Waals surface area (Å²) in [5.41, 5.74) is -0.802. The molecule has 1 heterocycles. The van der Waals surface area contributed by atoms with Crippen LogP contribution in [0.3, 0.4) is 0 Å². The molecule has 1 rings (SSSR count). The highest BCUT2D eigenvalue weighted by atomic mass is 16.3. The molecule has 0 amide bonds. The summed E-state index contributed by atoms with van der Waals surface area (Å²) in [5.74, 6) is 0.634. The number of aromatic nitrogens is 2. The summed E-state index contributed by atoms with van der Waals surface area (Å²) in [6.07, 6.45) is 4.01. The van der Waals surface area contributed by atoms with Gasteiger partial charge in [0.25, 0.3) is 0 Å². The van der Waals surface area contributed by atoms with Crippen LogP contribution in [0.2, 0.25) is 0 Å². The van der Waals surface area contributed by atoms with E-state index in [1.165, 1.54) is 0 Å². The van der Waals surface area contributed by atoms with Crippen LogP contribution in [0.15, 0.2) is 12.4 Å². The SMILES string of the molecule is CCC(C)(O)c1ncc[nH]1. The van der Waals surface area contributed by atoms with E-state index >= 15 is 0 Å². The van der Waals surface area contributed by atoms with Gasteiger partial charge in [0.05, 0.1) is 0 Å². The molecule has 0 aliphatic rings. The second-order valence-corrected chi connectivity index (χ2v) is 2.57. The largest absolute Gasteiger partial charge is 0.382 e. The van der Waals surface area contributed by atoms with E-state index in [1.807, 2.05) is 6.92 Å². The van der Waals surface area contributed by atoms with E-state index < -0.39 is 5.60 Å². The van der Waals surface area contributed by atoms with E-state index in [1.54, 1.807) is 19.3 Å². The van der Waals surface area contributed by atoms with Gasteiger partial charge in [0, 0.05) is 12.4 Å². The fourth-order valence-electron chi connectivity index (χ4n) is 0.727. The Hall–Kier alpha value is -0.830. The third-order valence-electron chi connectivity index (χ3n) is 1.70. The molecule has 10 heavy (non-hydrogen) atoms. The molecular formula is C7H12N2O. The average Bonchev–Trinajstić information content (AvgIpc) is 2.38. The Morgan fingerprint density at radius 2 is 2.50 bits per heavy atom. The lowest BCUT2D eigenvalue weighted by Crippen LogP contribution is -2.21. The Morgan fingerprint density at radius 1 is 1.80 bits per heavy atom. The third kappa shape index (κ3) is 1.19. The topological polar surface area (TPSA) is 48.9 Å². The summed E-state index contributed by atoms with van der Waals surface area (Å²) in [7, 11) is 0. The van der Waals surface area contributed by atoms with Gasteiger partial charge in [0.15, 0.2) is 0 Å². The maximum absolute atomic E-state index is 9.59. The standard InChI is InChI=1S/C7H12N2O/c1-3-7(2,10)6-8-4-5-9-6/h4-5,10H,3H2,1-2H3,(H,8,9). The zero-order valence-corrected chi connectivity index (χ0v) is 6.26. The van der Waals surface area contributed by atoms with Gasteiger partial charge in [-0.1, -0.05) is 6.92 Å². The molecule has 0 aromatic carbocycles. The highest BCUT2D eigenvalue weighted by molar-refractivity contribution is 4.98. The zero-order chi connectivity index (χ0) is 7.61. The fraction of sp³-hybridized carbons (Fsp3) is 0.571. The molecule has 3 heteroatoms. The molecule has 1 aromatic heterocycles. The summed E-state index contributed by atoms with van der Waals surface area (Å²) < 4.78 is 0. The van der Waals surface area contributed by atoms with Gasteiger partial charge in [0.2, 0.25) is 0 Å². The number of nitrogens with one attached hydrogen (secondary N) is 1.